The van der Waals surface area contributed by atoms with E-state index in [1.54, 1.807) is 4.90 Å². The maximum atomic E-state index is 12.9. The molecule has 1 fully saturated rings. The molecule has 1 saturated carbocycles. The third kappa shape index (κ3) is 3.28. The molecular formula is C16H27N3O2. The van der Waals surface area contributed by atoms with Crippen molar-refractivity contribution in [3.05, 3.63) is 17.0 Å². The molecule has 118 valence electrons. The molecule has 5 heteroatoms. The molecule has 1 heterocycles. The summed E-state index contributed by atoms with van der Waals surface area (Å²) in [6.45, 7) is 4.78. The second kappa shape index (κ2) is 6.60. The van der Waals surface area contributed by atoms with Crippen LogP contribution in [0.1, 0.15) is 55.5 Å². The first-order chi connectivity index (χ1) is 10.00. The van der Waals surface area contributed by atoms with E-state index < -0.39 is 0 Å². The zero-order valence-corrected chi connectivity index (χ0v) is 13.4. The summed E-state index contributed by atoms with van der Waals surface area (Å²) in [6.07, 6.45) is 6.44. The number of amides is 1. The van der Waals surface area contributed by atoms with Gasteiger partial charge in [-0.15, -0.1) is 0 Å². The molecule has 0 aromatic carbocycles. The van der Waals surface area contributed by atoms with Gasteiger partial charge in [-0.1, -0.05) is 30.8 Å². The third-order valence-corrected chi connectivity index (χ3v) is 4.83. The maximum absolute atomic E-state index is 12.9. The van der Waals surface area contributed by atoms with Gasteiger partial charge in [0.15, 0.2) is 0 Å². The Morgan fingerprint density at radius 1 is 1.29 bits per heavy atom. The van der Waals surface area contributed by atoms with Crippen LogP contribution in [0.2, 0.25) is 0 Å². The summed E-state index contributed by atoms with van der Waals surface area (Å²) in [5, 5.41) is 3.96. The molecule has 1 aliphatic carbocycles. The molecule has 2 N–H and O–H groups in total. The van der Waals surface area contributed by atoms with Crippen LogP contribution in [-0.4, -0.2) is 29.6 Å². The van der Waals surface area contributed by atoms with Crippen molar-refractivity contribution in [2.75, 3.05) is 13.6 Å². The van der Waals surface area contributed by atoms with Gasteiger partial charge in [0.1, 0.15) is 5.76 Å². The summed E-state index contributed by atoms with van der Waals surface area (Å²) in [5.41, 5.74) is 7.49. The number of rotatable bonds is 4. The number of aromatic nitrogens is 1. The van der Waals surface area contributed by atoms with Crippen LogP contribution >= 0.6 is 0 Å². The SMILES string of the molecule is Cc1noc(C)c1CN(C)C(=O)C1(CN)CCCCCC1. The summed E-state index contributed by atoms with van der Waals surface area (Å²) in [4.78, 5) is 14.7. The lowest BCUT2D eigenvalue weighted by Crippen LogP contribution is -2.46. The van der Waals surface area contributed by atoms with E-state index in [2.05, 4.69) is 5.16 Å². The van der Waals surface area contributed by atoms with Crippen LogP contribution < -0.4 is 5.73 Å². The lowest BCUT2D eigenvalue weighted by Gasteiger charge is -2.34. The normalized spacial score (nSPS) is 18.3. The summed E-state index contributed by atoms with van der Waals surface area (Å²) < 4.78 is 5.18. The van der Waals surface area contributed by atoms with Crippen LogP contribution in [0.5, 0.6) is 0 Å². The van der Waals surface area contributed by atoms with Gasteiger partial charge in [0.05, 0.1) is 17.7 Å². The van der Waals surface area contributed by atoms with Gasteiger partial charge in [-0.05, 0) is 26.7 Å². The predicted molar refractivity (Wildman–Crippen MR) is 81.6 cm³/mol. The second-order valence-corrected chi connectivity index (χ2v) is 6.36. The number of hydrogen-bond donors (Lipinski definition) is 1. The molecule has 0 atom stereocenters. The van der Waals surface area contributed by atoms with Gasteiger partial charge in [0.2, 0.25) is 5.91 Å². The van der Waals surface area contributed by atoms with E-state index >= 15 is 0 Å². The fourth-order valence-electron chi connectivity index (χ4n) is 3.35. The number of carbonyl (C=O) groups excluding carboxylic acids is 1. The number of carbonyl (C=O) groups is 1. The molecule has 1 amide bonds. The van der Waals surface area contributed by atoms with Crippen LogP contribution in [0.3, 0.4) is 0 Å². The van der Waals surface area contributed by atoms with Crippen LogP contribution in [0.4, 0.5) is 0 Å². The van der Waals surface area contributed by atoms with Gasteiger partial charge in [-0.2, -0.15) is 0 Å². The molecule has 0 bridgehead atoms. The minimum Gasteiger partial charge on any atom is -0.361 e. The average Bonchev–Trinajstić information content (AvgIpc) is 2.72. The topological polar surface area (TPSA) is 72.4 Å². The van der Waals surface area contributed by atoms with Crippen molar-refractivity contribution in [1.29, 1.82) is 0 Å². The highest BCUT2D eigenvalue weighted by atomic mass is 16.5. The second-order valence-electron chi connectivity index (χ2n) is 6.36. The van der Waals surface area contributed by atoms with Gasteiger partial charge in [0.25, 0.3) is 0 Å². The van der Waals surface area contributed by atoms with Crippen LogP contribution in [0, 0.1) is 19.3 Å². The largest absolute Gasteiger partial charge is 0.361 e. The monoisotopic (exact) mass is 293 g/mol. The third-order valence-electron chi connectivity index (χ3n) is 4.83. The van der Waals surface area contributed by atoms with Crippen LogP contribution in [0.25, 0.3) is 0 Å². The molecule has 0 aliphatic heterocycles. The summed E-state index contributed by atoms with van der Waals surface area (Å²) in [5.74, 6) is 0.960. The molecule has 0 unspecified atom stereocenters. The van der Waals surface area contributed by atoms with E-state index in [1.165, 1.54) is 12.8 Å². The van der Waals surface area contributed by atoms with E-state index in [0.717, 1.165) is 42.7 Å². The zero-order valence-electron chi connectivity index (χ0n) is 13.4. The van der Waals surface area contributed by atoms with Crippen molar-refractivity contribution >= 4 is 5.91 Å². The van der Waals surface area contributed by atoms with Crippen molar-refractivity contribution in [3.63, 3.8) is 0 Å². The molecule has 1 aromatic heterocycles. The Morgan fingerprint density at radius 3 is 2.38 bits per heavy atom. The molecule has 5 nitrogen and oxygen atoms in total. The molecule has 2 rings (SSSR count). The Morgan fingerprint density at radius 2 is 1.90 bits per heavy atom. The summed E-state index contributed by atoms with van der Waals surface area (Å²) in [6, 6.07) is 0. The van der Waals surface area contributed by atoms with E-state index in [-0.39, 0.29) is 11.3 Å². The molecule has 1 aliphatic rings. The lowest BCUT2D eigenvalue weighted by atomic mass is 9.79. The van der Waals surface area contributed by atoms with Gasteiger partial charge >= 0.3 is 0 Å². The predicted octanol–water partition coefficient (Wildman–Crippen LogP) is 2.55. The van der Waals surface area contributed by atoms with Crippen molar-refractivity contribution in [1.82, 2.24) is 10.1 Å². The number of nitrogens with two attached hydrogens (primary N) is 1. The van der Waals surface area contributed by atoms with E-state index in [9.17, 15) is 4.79 Å². The van der Waals surface area contributed by atoms with Crippen molar-refractivity contribution in [3.8, 4) is 0 Å². The van der Waals surface area contributed by atoms with E-state index in [4.69, 9.17) is 10.3 Å². The Bertz CT molecular complexity index is 468. The quantitative estimate of drug-likeness (QED) is 0.866. The summed E-state index contributed by atoms with van der Waals surface area (Å²) >= 11 is 0. The number of hydrogen-bond acceptors (Lipinski definition) is 4. The van der Waals surface area contributed by atoms with E-state index in [1.807, 2.05) is 20.9 Å². The van der Waals surface area contributed by atoms with Crippen LogP contribution in [-0.2, 0) is 11.3 Å². The van der Waals surface area contributed by atoms with Gasteiger partial charge in [-0.3, -0.25) is 4.79 Å². The molecular weight excluding hydrogens is 266 g/mol. The highest BCUT2D eigenvalue weighted by Gasteiger charge is 2.39. The molecule has 0 saturated heterocycles. The number of aryl methyl sites for hydroxylation is 2. The van der Waals surface area contributed by atoms with Gasteiger partial charge in [-0.25, -0.2) is 0 Å². The van der Waals surface area contributed by atoms with Gasteiger partial charge in [0, 0.05) is 19.2 Å². The lowest BCUT2D eigenvalue weighted by molar-refractivity contribution is -0.141. The van der Waals surface area contributed by atoms with E-state index in [0.29, 0.717) is 13.1 Å². The maximum Gasteiger partial charge on any atom is 0.230 e. The molecule has 21 heavy (non-hydrogen) atoms. The highest BCUT2D eigenvalue weighted by Crippen LogP contribution is 2.36. The standard InChI is InChI=1S/C16H27N3O2/c1-12-14(13(2)21-18-12)10-19(3)15(20)16(11-17)8-6-4-5-7-9-16/h4-11,17H2,1-3H3. The van der Waals surface area contributed by atoms with Crippen LogP contribution in [0.15, 0.2) is 4.52 Å². The highest BCUT2D eigenvalue weighted by molar-refractivity contribution is 5.82. The van der Waals surface area contributed by atoms with Crippen molar-refractivity contribution in [2.45, 2.75) is 58.9 Å². The fraction of sp³-hybridized carbons (Fsp3) is 0.750. The molecule has 0 radical (unpaired) electrons. The minimum atomic E-state index is -0.371. The van der Waals surface area contributed by atoms with Crippen molar-refractivity contribution in [2.24, 2.45) is 11.1 Å². The minimum absolute atomic E-state index is 0.173. The molecule has 0 spiro atoms. The first kappa shape index (κ1) is 16.0. The summed E-state index contributed by atoms with van der Waals surface area (Å²) in [7, 11) is 1.86. The Kier molecular flexibility index (Phi) is 5.04. The smallest absolute Gasteiger partial charge is 0.230 e. The first-order valence-electron chi connectivity index (χ1n) is 7.87. The Labute approximate surface area is 126 Å². The van der Waals surface area contributed by atoms with Gasteiger partial charge < -0.3 is 15.2 Å². The Hall–Kier alpha value is -1.36. The Balaban J connectivity index is 2.13. The fourth-order valence-corrected chi connectivity index (χ4v) is 3.35. The zero-order chi connectivity index (χ0) is 15.5. The average molecular weight is 293 g/mol. The molecule has 1 aromatic rings. The van der Waals surface area contributed by atoms with Crippen molar-refractivity contribution < 1.29 is 9.32 Å². The first-order valence-corrected chi connectivity index (χ1v) is 7.87. The number of nitrogens with zero attached hydrogens (tertiary/aromatic N) is 2.